The molecule has 1 heteroatoms. The van der Waals surface area contributed by atoms with Crippen LogP contribution in [0.5, 0.6) is 0 Å². The van der Waals surface area contributed by atoms with E-state index in [1.165, 1.54) is 17.2 Å². The Morgan fingerprint density at radius 2 is 1.80 bits per heavy atom. The molecular weight excluding hydrogens is 187 g/mol. The van der Waals surface area contributed by atoms with Crippen molar-refractivity contribution in [1.29, 1.82) is 0 Å². The SMILES string of the molecule is Cc1cc(C(C)C)c2cc(F)ccc2c1. The lowest BCUT2D eigenvalue weighted by Crippen LogP contribution is -1.91. The first-order valence-corrected chi connectivity index (χ1v) is 5.28. The van der Waals surface area contributed by atoms with Gasteiger partial charge in [0.2, 0.25) is 0 Å². The zero-order valence-electron chi connectivity index (χ0n) is 9.34. The number of aryl methyl sites for hydroxylation is 1. The van der Waals surface area contributed by atoms with E-state index in [-0.39, 0.29) is 5.82 Å². The molecule has 0 aromatic heterocycles. The summed E-state index contributed by atoms with van der Waals surface area (Å²) in [5, 5.41) is 2.16. The van der Waals surface area contributed by atoms with Crippen LogP contribution in [0.1, 0.15) is 30.9 Å². The molecule has 0 nitrogen and oxygen atoms in total. The monoisotopic (exact) mass is 202 g/mol. The number of fused-ring (bicyclic) bond motifs is 1. The van der Waals surface area contributed by atoms with Gasteiger partial charge in [-0.25, -0.2) is 4.39 Å². The average molecular weight is 202 g/mol. The van der Waals surface area contributed by atoms with E-state index in [0.717, 1.165) is 10.8 Å². The van der Waals surface area contributed by atoms with E-state index in [0.29, 0.717) is 5.92 Å². The molecule has 2 rings (SSSR count). The molecule has 0 fully saturated rings. The number of rotatable bonds is 1. The lowest BCUT2D eigenvalue weighted by atomic mass is 9.94. The van der Waals surface area contributed by atoms with Crippen LogP contribution >= 0.6 is 0 Å². The van der Waals surface area contributed by atoms with Crippen molar-refractivity contribution in [1.82, 2.24) is 0 Å². The van der Waals surface area contributed by atoms with Crippen LogP contribution in [-0.4, -0.2) is 0 Å². The summed E-state index contributed by atoms with van der Waals surface area (Å²) in [7, 11) is 0. The smallest absolute Gasteiger partial charge is 0.123 e. The van der Waals surface area contributed by atoms with Crippen LogP contribution in [0.3, 0.4) is 0 Å². The molecule has 0 saturated heterocycles. The highest BCUT2D eigenvalue weighted by molar-refractivity contribution is 5.87. The van der Waals surface area contributed by atoms with Gasteiger partial charge in [-0.05, 0) is 41.3 Å². The van der Waals surface area contributed by atoms with Crippen LogP contribution in [0, 0.1) is 12.7 Å². The topological polar surface area (TPSA) is 0 Å². The van der Waals surface area contributed by atoms with Gasteiger partial charge < -0.3 is 0 Å². The Hall–Kier alpha value is -1.37. The lowest BCUT2D eigenvalue weighted by Gasteiger charge is -2.11. The van der Waals surface area contributed by atoms with Gasteiger partial charge in [-0.3, -0.25) is 0 Å². The molecule has 0 saturated carbocycles. The van der Waals surface area contributed by atoms with Crippen molar-refractivity contribution < 1.29 is 4.39 Å². The van der Waals surface area contributed by atoms with Crippen LogP contribution in [0.2, 0.25) is 0 Å². The molecule has 15 heavy (non-hydrogen) atoms. The van der Waals surface area contributed by atoms with Crippen molar-refractivity contribution in [2.24, 2.45) is 0 Å². The summed E-state index contributed by atoms with van der Waals surface area (Å²) in [5.74, 6) is 0.266. The average Bonchev–Trinajstić information content (AvgIpc) is 2.17. The molecule has 0 N–H and O–H groups in total. The highest BCUT2D eigenvalue weighted by atomic mass is 19.1. The molecule has 78 valence electrons. The fourth-order valence-corrected chi connectivity index (χ4v) is 1.99. The van der Waals surface area contributed by atoms with Gasteiger partial charge in [-0.1, -0.05) is 37.6 Å². The molecule has 0 unspecified atom stereocenters. The van der Waals surface area contributed by atoms with Crippen LogP contribution in [0.4, 0.5) is 4.39 Å². The van der Waals surface area contributed by atoms with Crippen LogP contribution < -0.4 is 0 Å². The maximum absolute atomic E-state index is 13.2. The lowest BCUT2D eigenvalue weighted by molar-refractivity contribution is 0.629. The Kier molecular flexibility index (Phi) is 2.47. The van der Waals surface area contributed by atoms with E-state index < -0.39 is 0 Å². The summed E-state index contributed by atoms with van der Waals surface area (Å²) >= 11 is 0. The molecule has 2 aromatic carbocycles. The van der Waals surface area contributed by atoms with Crippen molar-refractivity contribution >= 4 is 10.8 Å². The largest absolute Gasteiger partial charge is 0.207 e. The van der Waals surface area contributed by atoms with E-state index in [9.17, 15) is 4.39 Å². The molecule has 0 amide bonds. The molecule has 0 heterocycles. The van der Waals surface area contributed by atoms with Crippen molar-refractivity contribution in [2.45, 2.75) is 26.7 Å². The molecule has 0 atom stereocenters. The van der Waals surface area contributed by atoms with E-state index in [4.69, 9.17) is 0 Å². The van der Waals surface area contributed by atoms with Crippen LogP contribution in [0.25, 0.3) is 10.8 Å². The van der Waals surface area contributed by atoms with Gasteiger partial charge in [0, 0.05) is 0 Å². The van der Waals surface area contributed by atoms with Crippen molar-refractivity contribution in [3.63, 3.8) is 0 Å². The standard InChI is InChI=1S/C14H15F/c1-9(2)13-7-10(3)6-11-4-5-12(15)8-14(11)13/h4-9H,1-3H3. The zero-order chi connectivity index (χ0) is 11.0. The van der Waals surface area contributed by atoms with E-state index in [1.54, 1.807) is 6.07 Å². The second-order valence-electron chi connectivity index (χ2n) is 4.37. The van der Waals surface area contributed by atoms with Gasteiger partial charge in [0.15, 0.2) is 0 Å². The van der Waals surface area contributed by atoms with E-state index in [1.807, 2.05) is 6.07 Å². The molecular formula is C14H15F. The van der Waals surface area contributed by atoms with Gasteiger partial charge in [0.1, 0.15) is 5.82 Å². The zero-order valence-corrected chi connectivity index (χ0v) is 9.34. The Labute approximate surface area is 89.7 Å². The van der Waals surface area contributed by atoms with Gasteiger partial charge >= 0.3 is 0 Å². The normalized spacial score (nSPS) is 11.3. The maximum Gasteiger partial charge on any atom is 0.123 e. The Morgan fingerprint density at radius 3 is 2.47 bits per heavy atom. The third-order valence-corrected chi connectivity index (χ3v) is 2.71. The van der Waals surface area contributed by atoms with E-state index in [2.05, 4.69) is 32.9 Å². The second kappa shape index (κ2) is 3.65. The van der Waals surface area contributed by atoms with Crippen molar-refractivity contribution in [3.8, 4) is 0 Å². The second-order valence-corrected chi connectivity index (χ2v) is 4.37. The number of hydrogen-bond donors (Lipinski definition) is 0. The minimum Gasteiger partial charge on any atom is -0.207 e. The highest BCUT2D eigenvalue weighted by Gasteiger charge is 2.06. The summed E-state index contributed by atoms with van der Waals surface area (Å²) in [6.45, 7) is 6.35. The first-order chi connectivity index (χ1) is 7.08. The summed E-state index contributed by atoms with van der Waals surface area (Å²) < 4.78 is 13.2. The van der Waals surface area contributed by atoms with Crippen molar-refractivity contribution in [2.75, 3.05) is 0 Å². The predicted molar refractivity (Wildman–Crippen MR) is 62.7 cm³/mol. The Morgan fingerprint density at radius 1 is 1.07 bits per heavy atom. The quantitative estimate of drug-likeness (QED) is 0.642. The fourth-order valence-electron chi connectivity index (χ4n) is 1.99. The minimum atomic E-state index is -0.159. The van der Waals surface area contributed by atoms with Gasteiger partial charge in [-0.15, -0.1) is 0 Å². The van der Waals surface area contributed by atoms with Crippen LogP contribution in [0.15, 0.2) is 30.3 Å². The summed E-state index contributed by atoms with van der Waals surface area (Å²) in [6.07, 6.45) is 0. The highest BCUT2D eigenvalue weighted by Crippen LogP contribution is 2.27. The summed E-state index contributed by atoms with van der Waals surface area (Å²) in [4.78, 5) is 0. The molecule has 0 aliphatic carbocycles. The van der Waals surface area contributed by atoms with Gasteiger partial charge in [0.05, 0.1) is 0 Å². The fraction of sp³-hybridized carbons (Fsp3) is 0.286. The Balaban J connectivity index is 2.81. The first-order valence-electron chi connectivity index (χ1n) is 5.28. The summed E-state index contributed by atoms with van der Waals surface area (Å²) in [5.41, 5.74) is 2.46. The van der Waals surface area contributed by atoms with Gasteiger partial charge in [0.25, 0.3) is 0 Å². The minimum absolute atomic E-state index is 0.159. The number of benzene rings is 2. The predicted octanol–water partition coefficient (Wildman–Crippen LogP) is 4.41. The van der Waals surface area contributed by atoms with Crippen molar-refractivity contribution in [3.05, 3.63) is 47.3 Å². The Bertz CT molecular complexity index is 498. The number of halogens is 1. The first kappa shape index (κ1) is 10.2. The molecule has 0 aliphatic rings. The third-order valence-electron chi connectivity index (χ3n) is 2.71. The third kappa shape index (κ3) is 1.87. The molecule has 0 spiro atoms. The molecule has 0 aliphatic heterocycles. The molecule has 0 radical (unpaired) electrons. The van der Waals surface area contributed by atoms with Gasteiger partial charge in [-0.2, -0.15) is 0 Å². The molecule has 2 aromatic rings. The number of hydrogen-bond acceptors (Lipinski definition) is 0. The molecule has 0 bridgehead atoms. The van der Waals surface area contributed by atoms with Crippen LogP contribution in [-0.2, 0) is 0 Å². The van der Waals surface area contributed by atoms with E-state index >= 15 is 0 Å². The summed E-state index contributed by atoms with van der Waals surface area (Å²) in [6, 6.07) is 9.24. The maximum atomic E-state index is 13.2.